The third-order valence-corrected chi connectivity index (χ3v) is 6.03. The van der Waals surface area contributed by atoms with Gasteiger partial charge in [-0.2, -0.15) is 0 Å². The number of methoxy groups -OCH3 is 1. The zero-order valence-electron chi connectivity index (χ0n) is 17.2. The molecule has 2 heterocycles. The molecule has 1 saturated heterocycles. The number of hydrogen-bond acceptors (Lipinski definition) is 4. The van der Waals surface area contributed by atoms with Crippen molar-refractivity contribution in [1.29, 1.82) is 0 Å². The molecule has 0 aliphatic carbocycles. The van der Waals surface area contributed by atoms with E-state index in [2.05, 4.69) is 29.0 Å². The first kappa shape index (κ1) is 19.7. The summed E-state index contributed by atoms with van der Waals surface area (Å²) in [6.45, 7) is 5.31. The Kier molecular flexibility index (Phi) is 5.72. The van der Waals surface area contributed by atoms with E-state index in [1.807, 2.05) is 4.90 Å². The summed E-state index contributed by atoms with van der Waals surface area (Å²) in [7, 11) is 3.86. The van der Waals surface area contributed by atoms with Gasteiger partial charge in [-0.05, 0) is 43.3 Å². The SMILES string of the molecule is COc1ccc(N2CCN(C)CC2)c2c1CCN(C(=O)Cc1ccc(F)cc1)C2. The first-order valence-electron chi connectivity index (χ1n) is 10.2. The van der Waals surface area contributed by atoms with Crippen molar-refractivity contribution in [2.45, 2.75) is 19.4 Å². The fraction of sp³-hybridized carbons (Fsp3) is 0.435. The molecular weight excluding hydrogens is 369 g/mol. The lowest BCUT2D eigenvalue weighted by molar-refractivity contribution is -0.131. The summed E-state index contributed by atoms with van der Waals surface area (Å²) in [4.78, 5) is 19.6. The molecule has 2 aliphatic rings. The second-order valence-corrected chi connectivity index (χ2v) is 7.90. The molecule has 154 valence electrons. The van der Waals surface area contributed by atoms with E-state index in [9.17, 15) is 9.18 Å². The average Bonchev–Trinajstić information content (AvgIpc) is 2.75. The van der Waals surface area contributed by atoms with Gasteiger partial charge in [-0.1, -0.05) is 12.1 Å². The second kappa shape index (κ2) is 8.41. The molecule has 0 aromatic heterocycles. The Balaban J connectivity index is 1.56. The molecule has 6 heteroatoms. The Morgan fingerprint density at radius 3 is 2.41 bits per heavy atom. The molecule has 0 spiro atoms. The summed E-state index contributed by atoms with van der Waals surface area (Å²) >= 11 is 0. The van der Waals surface area contributed by atoms with Gasteiger partial charge in [0.1, 0.15) is 11.6 Å². The first-order valence-corrected chi connectivity index (χ1v) is 10.2. The topological polar surface area (TPSA) is 36.0 Å². The van der Waals surface area contributed by atoms with Crippen LogP contribution in [0.15, 0.2) is 36.4 Å². The second-order valence-electron chi connectivity index (χ2n) is 7.90. The van der Waals surface area contributed by atoms with Crippen LogP contribution in [-0.4, -0.2) is 62.6 Å². The van der Waals surface area contributed by atoms with Gasteiger partial charge in [-0.15, -0.1) is 0 Å². The standard InChI is InChI=1S/C23H28FN3O2/c1-25-11-13-26(14-12-25)21-7-8-22(29-2)19-9-10-27(16-20(19)21)23(28)15-17-3-5-18(24)6-4-17/h3-8H,9-16H2,1-2H3. The molecule has 5 nitrogen and oxygen atoms in total. The number of hydrogen-bond donors (Lipinski definition) is 0. The maximum absolute atomic E-state index is 13.1. The van der Waals surface area contributed by atoms with Crippen molar-refractivity contribution in [2.24, 2.45) is 0 Å². The van der Waals surface area contributed by atoms with Gasteiger partial charge >= 0.3 is 0 Å². The normalized spacial score (nSPS) is 17.2. The van der Waals surface area contributed by atoms with Crippen molar-refractivity contribution in [2.75, 3.05) is 51.8 Å². The Bertz CT molecular complexity index is 876. The largest absolute Gasteiger partial charge is 0.496 e. The maximum atomic E-state index is 13.1. The van der Waals surface area contributed by atoms with Gasteiger partial charge in [-0.25, -0.2) is 4.39 Å². The van der Waals surface area contributed by atoms with E-state index < -0.39 is 0 Å². The minimum atomic E-state index is -0.281. The number of nitrogens with zero attached hydrogens (tertiary/aromatic N) is 3. The van der Waals surface area contributed by atoms with Crippen LogP contribution in [0.25, 0.3) is 0 Å². The van der Waals surface area contributed by atoms with E-state index in [-0.39, 0.29) is 11.7 Å². The number of carbonyl (C=O) groups excluding carboxylic acids is 1. The molecule has 0 unspecified atom stereocenters. The minimum Gasteiger partial charge on any atom is -0.496 e. The molecule has 0 radical (unpaired) electrons. The van der Waals surface area contributed by atoms with Crippen molar-refractivity contribution in [3.8, 4) is 5.75 Å². The summed E-state index contributed by atoms with van der Waals surface area (Å²) in [5, 5.41) is 0. The minimum absolute atomic E-state index is 0.0782. The molecule has 0 bridgehead atoms. The van der Waals surface area contributed by atoms with E-state index >= 15 is 0 Å². The quantitative estimate of drug-likeness (QED) is 0.795. The fourth-order valence-corrected chi connectivity index (χ4v) is 4.26. The molecule has 2 aromatic rings. The van der Waals surface area contributed by atoms with E-state index in [4.69, 9.17) is 4.74 Å². The Morgan fingerprint density at radius 1 is 1.00 bits per heavy atom. The summed E-state index contributed by atoms with van der Waals surface area (Å²) < 4.78 is 18.8. The summed E-state index contributed by atoms with van der Waals surface area (Å²) in [5.41, 5.74) is 4.47. The van der Waals surface area contributed by atoms with Crippen LogP contribution in [0.1, 0.15) is 16.7 Å². The number of piperazine rings is 1. The summed E-state index contributed by atoms with van der Waals surface area (Å²) in [6, 6.07) is 10.4. The molecule has 2 aromatic carbocycles. The number of amides is 1. The van der Waals surface area contributed by atoms with Gasteiger partial charge in [-0.3, -0.25) is 4.79 Å². The lowest BCUT2D eigenvalue weighted by Gasteiger charge is -2.38. The van der Waals surface area contributed by atoms with Crippen LogP contribution in [0.5, 0.6) is 5.75 Å². The van der Waals surface area contributed by atoms with Gasteiger partial charge in [0.2, 0.25) is 5.91 Å². The number of ether oxygens (including phenoxy) is 1. The number of benzene rings is 2. The zero-order chi connectivity index (χ0) is 20.4. The van der Waals surface area contributed by atoms with Gasteiger partial charge in [0.15, 0.2) is 0 Å². The van der Waals surface area contributed by atoms with E-state index in [0.717, 1.165) is 43.9 Å². The number of likely N-dealkylation sites (N-methyl/N-ethyl adjacent to an activating group) is 1. The van der Waals surface area contributed by atoms with Crippen molar-refractivity contribution in [3.05, 3.63) is 58.9 Å². The molecule has 0 saturated carbocycles. The third-order valence-electron chi connectivity index (χ3n) is 6.03. The highest BCUT2D eigenvalue weighted by atomic mass is 19.1. The van der Waals surface area contributed by atoms with Crippen LogP contribution >= 0.6 is 0 Å². The van der Waals surface area contributed by atoms with Gasteiger partial charge in [0.05, 0.1) is 13.5 Å². The molecular formula is C23H28FN3O2. The van der Waals surface area contributed by atoms with Gasteiger partial charge < -0.3 is 19.4 Å². The average molecular weight is 397 g/mol. The van der Waals surface area contributed by atoms with Crippen LogP contribution in [0.4, 0.5) is 10.1 Å². The number of anilines is 1. The Morgan fingerprint density at radius 2 is 1.72 bits per heavy atom. The Hall–Kier alpha value is -2.60. The highest BCUT2D eigenvalue weighted by Gasteiger charge is 2.28. The van der Waals surface area contributed by atoms with Gasteiger partial charge in [0.25, 0.3) is 0 Å². The molecule has 29 heavy (non-hydrogen) atoms. The summed E-state index contributed by atoms with van der Waals surface area (Å²) in [5.74, 6) is 0.704. The van der Waals surface area contributed by atoms with E-state index in [1.165, 1.54) is 28.9 Å². The lowest BCUT2D eigenvalue weighted by atomic mass is 9.95. The number of halogens is 1. The van der Waals surface area contributed by atoms with Crippen LogP contribution in [-0.2, 0) is 24.2 Å². The highest BCUT2D eigenvalue weighted by molar-refractivity contribution is 5.79. The number of carbonyl (C=O) groups is 1. The highest BCUT2D eigenvalue weighted by Crippen LogP contribution is 2.36. The summed E-state index contributed by atoms with van der Waals surface area (Å²) in [6.07, 6.45) is 1.08. The van der Waals surface area contributed by atoms with Crippen molar-refractivity contribution >= 4 is 11.6 Å². The van der Waals surface area contributed by atoms with Crippen LogP contribution < -0.4 is 9.64 Å². The van der Waals surface area contributed by atoms with Crippen LogP contribution in [0.2, 0.25) is 0 Å². The van der Waals surface area contributed by atoms with E-state index in [0.29, 0.717) is 19.5 Å². The lowest BCUT2D eigenvalue weighted by Crippen LogP contribution is -2.45. The molecule has 1 amide bonds. The molecule has 4 rings (SSSR count). The molecule has 0 N–H and O–H groups in total. The maximum Gasteiger partial charge on any atom is 0.227 e. The molecule has 0 atom stereocenters. The van der Waals surface area contributed by atoms with Gasteiger partial charge in [0, 0.05) is 56.1 Å². The third kappa shape index (κ3) is 4.22. The van der Waals surface area contributed by atoms with Crippen molar-refractivity contribution < 1.29 is 13.9 Å². The van der Waals surface area contributed by atoms with Crippen molar-refractivity contribution in [3.63, 3.8) is 0 Å². The first-order chi connectivity index (χ1) is 14.0. The predicted molar refractivity (Wildman–Crippen MR) is 112 cm³/mol. The smallest absolute Gasteiger partial charge is 0.227 e. The number of rotatable bonds is 4. The fourth-order valence-electron chi connectivity index (χ4n) is 4.26. The number of fused-ring (bicyclic) bond motifs is 1. The molecule has 2 aliphatic heterocycles. The van der Waals surface area contributed by atoms with Crippen LogP contribution in [0, 0.1) is 5.82 Å². The predicted octanol–water partition coefficient (Wildman–Crippen LogP) is 2.71. The van der Waals surface area contributed by atoms with E-state index in [1.54, 1.807) is 19.2 Å². The Labute approximate surface area is 171 Å². The van der Waals surface area contributed by atoms with Crippen molar-refractivity contribution in [1.82, 2.24) is 9.80 Å². The zero-order valence-corrected chi connectivity index (χ0v) is 17.2. The van der Waals surface area contributed by atoms with Crippen LogP contribution in [0.3, 0.4) is 0 Å². The monoisotopic (exact) mass is 397 g/mol. The molecule has 1 fully saturated rings.